The Bertz CT molecular complexity index is 1380. The van der Waals surface area contributed by atoms with Gasteiger partial charge in [-0.2, -0.15) is 0 Å². The molecule has 2 atom stereocenters. The number of methoxy groups -OCH3 is 1. The van der Waals surface area contributed by atoms with E-state index in [0.717, 1.165) is 83.5 Å². The van der Waals surface area contributed by atoms with Crippen LogP contribution in [-0.4, -0.2) is 74.1 Å². The number of aromatic hydroxyl groups is 1. The maximum Gasteiger partial charge on any atom is 0.199 e. The fraction of sp³-hybridized carbons (Fsp3) is 0.525. The van der Waals surface area contributed by atoms with Crippen LogP contribution in [-0.2, 0) is 13.0 Å². The molecule has 1 aliphatic rings. The van der Waals surface area contributed by atoms with Gasteiger partial charge in [0.05, 0.1) is 12.7 Å². The minimum absolute atomic E-state index is 0.181. The average molecular weight is 677 g/mol. The Balaban J connectivity index is 0.000000266. The number of aliphatic hydroxyl groups is 1. The summed E-state index contributed by atoms with van der Waals surface area (Å²) < 4.78 is 11.0. The molecule has 2 unspecified atom stereocenters. The van der Waals surface area contributed by atoms with Gasteiger partial charge in [0.25, 0.3) is 0 Å². The van der Waals surface area contributed by atoms with Crippen LogP contribution in [0.5, 0.6) is 17.2 Å². The molecule has 0 aliphatic carbocycles. The highest BCUT2D eigenvalue weighted by Gasteiger charge is 2.42. The molecule has 0 fully saturated rings. The first-order chi connectivity index (χ1) is 23.7. The molecule has 3 aromatic carbocycles. The van der Waals surface area contributed by atoms with Gasteiger partial charge in [-0.25, -0.2) is 0 Å². The lowest BCUT2D eigenvalue weighted by atomic mass is 9.87. The molecule has 1 aliphatic heterocycles. The number of rotatable bonds is 20. The van der Waals surface area contributed by atoms with Crippen LogP contribution in [0, 0.1) is 0 Å². The summed E-state index contributed by atoms with van der Waals surface area (Å²) in [5, 5.41) is 29.9. The topological polar surface area (TPSA) is 138 Å². The third kappa shape index (κ3) is 13.8. The number of hydrogen-bond donors (Lipinski definition) is 6. The van der Waals surface area contributed by atoms with Crippen LogP contribution in [0.3, 0.4) is 0 Å². The number of phenols is 1. The molecule has 49 heavy (non-hydrogen) atoms. The number of hydrogen-bond acceptors (Lipinski definition) is 9. The zero-order valence-electron chi connectivity index (χ0n) is 30.1. The molecule has 9 heteroatoms. The lowest BCUT2D eigenvalue weighted by Crippen LogP contribution is -2.50. The summed E-state index contributed by atoms with van der Waals surface area (Å²) in [6, 6.07) is 21.7. The molecule has 3 aromatic rings. The number of unbranched alkanes of at least 4 members (excludes halogenated alkanes) is 1. The van der Waals surface area contributed by atoms with Crippen LogP contribution in [0.4, 0.5) is 0 Å². The Hall–Kier alpha value is -3.47. The number of ether oxygens (including phenoxy) is 2. The number of ketones is 1. The fourth-order valence-electron chi connectivity index (χ4n) is 5.74. The Morgan fingerprint density at radius 3 is 2.22 bits per heavy atom. The number of aliphatic hydroxyl groups excluding tert-OH is 1. The smallest absolute Gasteiger partial charge is 0.199 e. The van der Waals surface area contributed by atoms with Crippen LogP contribution in [0.15, 0.2) is 66.7 Å². The van der Waals surface area contributed by atoms with Gasteiger partial charge in [-0.3, -0.25) is 4.79 Å². The Morgan fingerprint density at radius 2 is 1.53 bits per heavy atom. The summed E-state index contributed by atoms with van der Waals surface area (Å²) in [6.07, 6.45) is 6.72. The van der Waals surface area contributed by atoms with Crippen molar-refractivity contribution in [3.05, 3.63) is 89.0 Å². The van der Waals surface area contributed by atoms with Crippen molar-refractivity contribution in [1.82, 2.24) is 16.0 Å². The monoisotopic (exact) mass is 676 g/mol. The summed E-state index contributed by atoms with van der Waals surface area (Å²) in [5.41, 5.74) is 8.68. The molecule has 0 amide bonds. The number of fused-ring (bicyclic) bond motifs is 1. The van der Waals surface area contributed by atoms with Gasteiger partial charge in [0.2, 0.25) is 0 Å². The summed E-state index contributed by atoms with van der Waals surface area (Å²) in [4.78, 5) is 12.3. The average Bonchev–Trinajstić information content (AvgIpc) is 3.10. The van der Waals surface area contributed by atoms with Crippen molar-refractivity contribution in [2.24, 2.45) is 5.73 Å². The van der Waals surface area contributed by atoms with Crippen LogP contribution >= 0.6 is 0 Å². The number of carbonyl (C=O) groups is 1. The molecule has 0 bridgehead atoms. The molecule has 0 saturated carbocycles. The van der Waals surface area contributed by atoms with Crippen LogP contribution < -0.4 is 31.2 Å². The molecule has 0 saturated heterocycles. The zero-order chi connectivity index (χ0) is 35.5. The second-order valence-corrected chi connectivity index (χ2v) is 13.4. The highest BCUT2D eigenvalue weighted by Crippen LogP contribution is 2.36. The second-order valence-electron chi connectivity index (χ2n) is 13.4. The molecule has 1 heterocycles. The lowest BCUT2D eigenvalue weighted by Gasteiger charge is -2.36. The molecule has 270 valence electrons. The first-order valence-corrected chi connectivity index (χ1v) is 17.9. The molecule has 0 aromatic heterocycles. The number of Topliss-reactive ketones (excluding diaryl/α,β-unsaturated/α-hetero) is 1. The van der Waals surface area contributed by atoms with Gasteiger partial charge in [-0.1, -0.05) is 49.4 Å². The van der Waals surface area contributed by atoms with Gasteiger partial charge in [0.15, 0.2) is 23.4 Å². The normalized spacial score (nSPS) is 15.5. The molecule has 7 N–H and O–H groups in total. The predicted molar refractivity (Wildman–Crippen MR) is 199 cm³/mol. The maximum absolute atomic E-state index is 12.3. The Morgan fingerprint density at radius 1 is 0.857 bits per heavy atom. The Kier molecular flexibility index (Phi) is 17.6. The largest absolute Gasteiger partial charge is 0.504 e. The highest BCUT2D eigenvalue weighted by molar-refractivity contribution is 6.03. The maximum atomic E-state index is 12.3. The fourth-order valence-corrected chi connectivity index (χ4v) is 5.74. The van der Waals surface area contributed by atoms with Gasteiger partial charge >= 0.3 is 0 Å². The van der Waals surface area contributed by atoms with Crippen LogP contribution in [0.2, 0.25) is 0 Å². The first kappa shape index (κ1) is 40.0. The summed E-state index contributed by atoms with van der Waals surface area (Å²) in [7, 11) is 1.56. The van der Waals surface area contributed by atoms with Gasteiger partial charge in [-0.05, 0) is 145 Å². The van der Waals surface area contributed by atoms with Crippen molar-refractivity contribution < 1.29 is 24.5 Å². The van der Waals surface area contributed by atoms with Crippen molar-refractivity contribution in [1.29, 1.82) is 0 Å². The second kappa shape index (κ2) is 21.6. The van der Waals surface area contributed by atoms with E-state index in [1.54, 1.807) is 33.1 Å². The Labute approximate surface area is 294 Å². The van der Waals surface area contributed by atoms with Crippen molar-refractivity contribution in [2.45, 2.75) is 89.9 Å². The first-order valence-electron chi connectivity index (χ1n) is 17.9. The molecular weight excluding hydrogens is 616 g/mol. The van der Waals surface area contributed by atoms with Crippen molar-refractivity contribution in [3.63, 3.8) is 0 Å². The van der Waals surface area contributed by atoms with E-state index in [-0.39, 0.29) is 11.5 Å². The molecule has 0 spiro atoms. The number of phenolic OH excluding ortho intramolecular Hbond substituents is 1. The third-order valence-corrected chi connectivity index (χ3v) is 8.86. The molecule has 4 rings (SSSR count). The molecular formula is C40H60N4O5. The number of carbonyl (C=O) groups excluding carboxylic acids is 1. The highest BCUT2D eigenvalue weighted by atomic mass is 16.5. The van der Waals surface area contributed by atoms with Gasteiger partial charge in [0.1, 0.15) is 11.4 Å². The number of nitrogens with two attached hydrogens (primary N) is 1. The standard InChI is InChI=1S/C22H26O3.C18H34N4O2/c1-15(8-7-11-16-9-5-4-6-10-16)17-12-13-18-19(14-17)25-22(2,3)21(24)20(18)23;1-24-18-14-16(6-7-17(18)23)15-22-13-5-12-21-10-3-2-9-20-11-4-8-19/h4-6,9-10,12-15,21,24H,7-8,11H2,1-3H3;6-7,14,20-23H,2-5,8-13,15,19H2,1H3. The van der Waals surface area contributed by atoms with Gasteiger partial charge < -0.3 is 41.4 Å². The number of aryl methyl sites for hydroxylation is 1. The minimum Gasteiger partial charge on any atom is -0.504 e. The van der Waals surface area contributed by atoms with E-state index in [0.29, 0.717) is 23.0 Å². The third-order valence-electron chi connectivity index (χ3n) is 8.86. The predicted octanol–water partition coefficient (Wildman–Crippen LogP) is 5.72. The van der Waals surface area contributed by atoms with E-state index < -0.39 is 11.7 Å². The van der Waals surface area contributed by atoms with E-state index in [9.17, 15) is 15.0 Å². The summed E-state index contributed by atoms with van der Waals surface area (Å²) in [5.74, 6) is 1.43. The lowest BCUT2D eigenvalue weighted by molar-refractivity contribution is -0.0249. The van der Waals surface area contributed by atoms with Gasteiger partial charge in [0, 0.05) is 6.54 Å². The number of benzene rings is 3. The molecule has 0 radical (unpaired) electrons. The van der Waals surface area contributed by atoms with E-state index in [1.165, 1.54) is 24.0 Å². The minimum atomic E-state index is -1.12. The van der Waals surface area contributed by atoms with E-state index >= 15 is 0 Å². The summed E-state index contributed by atoms with van der Waals surface area (Å²) in [6.45, 7) is 12.4. The van der Waals surface area contributed by atoms with Crippen LogP contribution in [0.25, 0.3) is 0 Å². The summed E-state index contributed by atoms with van der Waals surface area (Å²) >= 11 is 0. The quantitative estimate of drug-likeness (QED) is 0.0831. The van der Waals surface area contributed by atoms with Crippen LogP contribution in [0.1, 0.15) is 92.3 Å². The van der Waals surface area contributed by atoms with E-state index in [2.05, 4.69) is 47.1 Å². The van der Waals surface area contributed by atoms with Crippen molar-refractivity contribution >= 4 is 5.78 Å². The van der Waals surface area contributed by atoms with E-state index in [1.807, 2.05) is 30.3 Å². The van der Waals surface area contributed by atoms with Crippen molar-refractivity contribution in [2.75, 3.05) is 46.4 Å². The zero-order valence-corrected chi connectivity index (χ0v) is 30.1. The van der Waals surface area contributed by atoms with Crippen molar-refractivity contribution in [3.8, 4) is 17.2 Å². The van der Waals surface area contributed by atoms with E-state index in [4.69, 9.17) is 15.2 Å². The SMILES string of the molecule is CC(CCCc1ccccc1)c1ccc2c(c1)OC(C)(C)C(O)C2=O.COc1cc(CNCCCNCCCCNCCCN)ccc1O. The molecule has 9 nitrogen and oxygen atoms in total. The van der Waals surface area contributed by atoms with Gasteiger partial charge in [-0.15, -0.1) is 0 Å². The number of nitrogens with one attached hydrogen (secondary N) is 3.